The van der Waals surface area contributed by atoms with E-state index in [1.54, 1.807) is 30.4 Å². The number of carbonyl (C=O) groups is 1. The normalized spacial score (nSPS) is 13.2. The van der Waals surface area contributed by atoms with E-state index in [9.17, 15) is 9.18 Å². The molecule has 1 amide bonds. The number of amides is 1. The highest BCUT2D eigenvalue weighted by Gasteiger charge is 2.22. The van der Waals surface area contributed by atoms with E-state index in [0.29, 0.717) is 6.61 Å². The van der Waals surface area contributed by atoms with E-state index in [1.807, 2.05) is 47.8 Å². The lowest BCUT2D eigenvalue weighted by atomic mass is 10.0. The molecular formula is C21H20FNO2S. The topological polar surface area (TPSA) is 38.3 Å². The first-order valence-corrected chi connectivity index (χ1v) is 9.26. The van der Waals surface area contributed by atoms with Crippen LogP contribution in [0.2, 0.25) is 0 Å². The molecular weight excluding hydrogens is 349 g/mol. The molecule has 1 aromatic heterocycles. The van der Waals surface area contributed by atoms with E-state index in [2.05, 4.69) is 5.32 Å². The summed E-state index contributed by atoms with van der Waals surface area (Å²) in [6.45, 7) is 2.10. The van der Waals surface area contributed by atoms with Crippen molar-refractivity contribution >= 4 is 17.2 Å². The predicted octanol–water partition coefficient (Wildman–Crippen LogP) is 4.70. The highest BCUT2D eigenvalue weighted by atomic mass is 32.1. The largest absolute Gasteiger partial charge is 0.364 e. The van der Waals surface area contributed by atoms with Crippen molar-refractivity contribution in [3.63, 3.8) is 0 Å². The van der Waals surface area contributed by atoms with E-state index in [0.717, 1.165) is 16.0 Å². The number of halogens is 1. The van der Waals surface area contributed by atoms with Crippen LogP contribution in [0.25, 0.3) is 0 Å². The van der Waals surface area contributed by atoms with Crippen molar-refractivity contribution in [2.75, 3.05) is 0 Å². The fraction of sp³-hybridized carbons (Fsp3) is 0.190. The Morgan fingerprint density at radius 2 is 1.81 bits per heavy atom. The number of hydrogen-bond donors (Lipinski definition) is 1. The summed E-state index contributed by atoms with van der Waals surface area (Å²) in [7, 11) is 0. The van der Waals surface area contributed by atoms with E-state index < -0.39 is 6.10 Å². The second-order valence-electron chi connectivity index (χ2n) is 5.95. The molecule has 5 heteroatoms. The van der Waals surface area contributed by atoms with Crippen molar-refractivity contribution in [2.24, 2.45) is 0 Å². The Morgan fingerprint density at radius 3 is 2.46 bits per heavy atom. The van der Waals surface area contributed by atoms with Gasteiger partial charge in [-0.25, -0.2) is 4.39 Å². The van der Waals surface area contributed by atoms with Crippen LogP contribution in [0.15, 0.2) is 72.1 Å². The van der Waals surface area contributed by atoms with Crippen molar-refractivity contribution in [1.29, 1.82) is 0 Å². The summed E-state index contributed by atoms with van der Waals surface area (Å²) >= 11 is 1.54. The molecule has 134 valence electrons. The lowest BCUT2D eigenvalue weighted by Crippen LogP contribution is -2.37. The summed E-state index contributed by atoms with van der Waals surface area (Å²) in [5.74, 6) is -0.506. The van der Waals surface area contributed by atoms with Gasteiger partial charge in [0.25, 0.3) is 0 Å². The van der Waals surface area contributed by atoms with Gasteiger partial charge in [0.15, 0.2) is 0 Å². The number of benzene rings is 2. The summed E-state index contributed by atoms with van der Waals surface area (Å²) in [6.07, 6.45) is -0.599. The zero-order chi connectivity index (χ0) is 18.4. The second kappa shape index (κ2) is 8.74. The van der Waals surface area contributed by atoms with Crippen molar-refractivity contribution in [3.05, 3.63) is 93.9 Å². The van der Waals surface area contributed by atoms with Crippen LogP contribution in [0.3, 0.4) is 0 Å². The van der Waals surface area contributed by atoms with Crippen LogP contribution < -0.4 is 5.32 Å². The van der Waals surface area contributed by atoms with Gasteiger partial charge < -0.3 is 10.1 Å². The van der Waals surface area contributed by atoms with Crippen LogP contribution in [0.1, 0.15) is 29.0 Å². The average Bonchev–Trinajstić information content (AvgIpc) is 3.20. The van der Waals surface area contributed by atoms with E-state index in [1.165, 1.54) is 12.1 Å². The van der Waals surface area contributed by atoms with Crippen LogP contribution in [0.5, 0.6) is 0 Å². The van der Waals surface area contributed by atoms with Gasteiger partial charge in [-0.15, -0.1) is 11.3 Å². The molecule has 3 rings (SSSR count). The summed E-state index contributed by atoms with van der Waals surface area (Å²) in [5, 5.41) is 4.97. The van der Waals surface area contributed by atoms with Gasteiger partial charge in [0.05, 0.1) is 12.6 Å². The molecule has 0 aliphatic carbocycles. The van der Waals surface area contributed by atoms with Gasteiger partial charge in [0.1, 0.15) is 11.9 Å². The van der Waals surface area contributed by atoms with Crippen LogP contribution in [-0.2, 0) is 16.1 Å². The molecule has 0 aliphatic rings. The molecule has 0 saturated carbocycles. The molecule has 1 N–H and O–H groups in total. The van der Waals surface area contributed by atoms with Gasteiger partial charge in [-0.3, -0.25) is 4.79 Å². The van der Waals surface area contributed by atoms with Crippen molar-refractivity contribution in [3.8, 4) is 0 Å². The maximum atomic E-state index is 13.2. The van der Waals surface area contributed by atoms with Gasteiger partial charge in [0.2, 0.25) is 5.91 Å². The molecule has 1 heterocycles. The fourth-order valence-corrected chi connectivity index (χ4v) is 3.36. The molecule has 0 spiro atoms. The first kappa shape index (κ1) is 18.3. The van der Waals surface area contributed by atoms with Gasteiger partial charge in [-0.2, -0.15) is 0 Å². The number of rotatable bonds is 7. The van der Waals surface area contributed by atoms with Gasteiger partial charge in [0, 0.05) is 4.88 Å². The molecule has 0 fully saturated rings. The molecule has 2 atom stereocenters. The fourth-order valence-electron chi connectivity index (χ4n) is 2.56. The van der Waals surface area contributed by atoms with Crippen LogP contribution >= 0.6 is 11.3 Å². The molecule has 0 saturated heterocycles. The third kappa shape index (κ3) is 4.77. The third-order valence-corrected chi connectivity index (χ3v) is 4.97. The molecule has 2 aromatic carbocycles. The zero-order valence-electron chi connectivity index (χ0n) is 14.4. The summed E-state index contributed by atoms with van der Waals surface area (Å²) in [5.41, 5.74) is 1.85. The quantitative estimate of drug-likeness (QED) is 0.656. The Morgan fingerprint density at radius 1 is 1.08 bits per heavy atom. The van der Waals surface area contributed by atoms with E-state index in [-0.39, 0.29) is 17.8 Å². The van der Waals surface area contributed by atoms with Gasteiger partial charge >= 0.3 is 0 Å². The maximum absolute atomic E-state index is 13.2. The maximum Gasteiger partial charge on any atom is 0.249 e. The smallest absolute Gasteiger partial charge is 0.249 e. The molecule has 3 nitrogen and oxygen atoms in total. The van der Waals surface area contributed by atoms with Crippen molar-refractivity contribution in [2.45, 2.75) is 25.7 Å². The Balaban J connectivity index is 1.68. The third-order valence-electron chi connectivity index (χ3n) is 4.03. The molecule has 0 bridgehead atoms. The number of nitrogens with one attached hydrogen (secondary N) is 1. The lowest BCUT2D eigenvalue weighted by Gasteiger charge is -2.21. The van der Waals surface area contributed by atoms with E-state index >= 15 is 0 Å². The Hall–Kier alpha value is -2.50. The summed E-state index contributed by atoms with van der Waals surface area (Å²) in [6, 6.07) is 19.5. The average molecular weight is 369 g/mol. The Labute approximate surface area is 156 Å². The minimum absolute atomic E-state index is 0.205. The zero-order valence-corrected chi connectivity index (χ0v) is 15.2. The van der Waals surface area contributed by atoms with Gasteiger partial charge in [-0.05, 0) is 41.6 Å². The predicted molar refractivity (Wildman–Crippen MR) is 101 cm³/mol. The first-order valence-electron chi connectivity index (χ1n) is 8.38. The highest BCUT2D eigenvalue weighted by Crippen LogP contribution is 2.26. The monoisotopic (exact) mass is 369 g/mol. The number of ether oxygens (including phenoxy) is 1. The number of thiophene rings is 1. The second-order valence-corrected chi connectivity index (χ2v) is 6.93. The standard InChI is InChI=1S/C21H20FNO2S/c1-15(25-14-16-6-3-2-4-7-16)21(24)23-20(19-8-5-13-26-19)17-9-11-18(22)12-10-17/h2-13,15,20H,14H2,1H3,(H,23,24). The van der Waals surface area contributed by atoms with Crippen LogP contribution in [0, 0.1) is 5.82 Å². The number of carbonyl (C=O) groups excluding carboxylic acids is 1. The molecule has 0 aliphatic heterocycles. The van der Waals surface area contributed by atoms with Crippen LogP contribution in [-0.4, -0.2) is 12.0 Å². The van der Waals surface area contributed by atoms with E-state index in [4.69, 9.17) is 4.74 Å². The van der Waals surface area contributed by atoms with Crippen LogP contribution in [0.4, 0.5) is 4.39 Å². The first-order chi connectivity index (χ1) is 12.6. The SMILES string of the molecule is CC(OCc1ccccc1)C(=O)NC(c1ccc(F)cc1)c1cccs1. The van der Waals surface area contributed by atoms with Crippen molar-refractivity contribution in [1.82, 2.24) is 5.32 Å². The summed E-state index contributed by atoms with van der Waals surface area (Å²) in [4.78, 5) is 13.6. The summed E-state index contributed by atoms with van der Waals surface area (Å²) < 4.78 is 18.9. The molecule has 26 heavy (non-hydrogen) atoms. The highest BCUT2D eigenvalue weighted by molar-refractivity contribution is 7.10. The minimum atomic E-state index is -0.599. The Kier molecular flexibility index (Phi) is 6.15. The number of hydrogen-bond acceptors (Lipinski definition) is 3. The molecule has 3 aromatic rings. The van der Waals surface area contributed by atoms with Crippen molar-refractivity contribution < 1.29 is 13.9 Å². The lowest BCUT2D eigenvalue weighted by molar-refractivity contribution is -0.133. The Bertz CT molecular complexity index is 819. The van der Waals surface area contributed by atoms with Gasteiger partial charge in [-0.1, -0.05) is 48.5 Å². The minimum Gasteiger partial charge on any atom is -0.364 e. The molecule has 2 unspecified atom stereocenters. The molecule has 0 radical (unpaired) electrons.